The van der Waals surface area contributed by atoms with Gasteiger partial charge in [-0.15, -0.1) is 0 Å². The van der Waals surface area contributed by atoms with Crippen molar-refractivity contribution in [2.45, 2.75) is 6.92 Å². The summed E-state index contributed by atoms with van der Waals surface area (Å²) in [6.45, 7) is 6.82. The summed E-state index contributed by atoms with van der Waals surface area (Å²) in [6, 6.07) is 10.1. The molecular weight excluding hydrogens is 314 g/mol. The average molecular weight is 339 g/mol. The van der Waals surface area contributed by atoms with Gasteiger partial charge in [0.1, 0.15) is 11.6 Å². The topological polar surface area (TPSA) is 67.5 Å². The molecule has 132 valence electrons. The van der Waals surface area contributed by atoms with E-state index in [2.05, 4.69) is 44.1 Å². The van der Waals surface area contributed by atoms with Gasteiger partial charge in [0.2, 0.25) is 5.95 Å². The molecule has 0 unspecified atom stereocenters. The molecule has 25 heavy (non-hydrogen) atoms. The summed E-state index contributed by atoms with van der Waals surface area (Å²) in [5.41, 5.74) is 7.85. The second-order valence-electron chi connectivity index (χ2n) is 6.19. The molecule has 1 aliphatic rings. The van der Waals surface area contributed by atoms with E-state index in [-0.39, 0.29) is 0 Å². The van der Waals surface area contributed by atoms with E-state index in [1.165, 1.54) is 5.56 Å². The highest BCUT2D eigenvalue weighted by molar-refractivity contribution is 5.50. The molecule has 1 fully saturated rings. The van der Waals surface area contributed by atoms with E-state index >= 15 is 0 Å². The summed E-state index contributed by atoms with van der Waals surface area (Å²) in [4.78, 5) is 13.2. The first-order chi connectivity index (χ1) is 12.1. The van der Waals surface area contributed by atoms with E-state index < -0.39 is 0 Å². The highest BCUT2D eigenvalue weighted by Crippen LogP contribution is 2.16. The molecule has 6 heteroatoms. The van der Waals surface area contributed by atoms with Crippen LogP contribution < -0.4 is 15.4 Å². The average Bonchev–Trinajstić information content (AvgIpc) is 2.62. The second kappa shape index (κ2) is 7.98. The summed E-state index contributed by atoms with van der Waals surface area (Å²) in [5.74, 6) is 2.16. The summed E-state index contributed by atoms with van der Waals surface area (Å²) in [6.07, 6.45) is 4.37. The fraction of sp³-hybridized carbons (Fsp3) is 0.368. The number of rotatable bonds is 5. The van der Waals surface area contributed by atoms with E-state index in [9.17, 15) is 0 Å². The fourth-order valence-electron chi connectivity index (χ4n) is 2.95. The first kappa shape index (κ1) is 17.2. The van der Waals surface area contributed by atoms with Crippen LogP contribution in [-0.4, -0.2) is 54.7 Å². The Morgan fingerprint density at radius 2 is 1.84 bits per heavy atom. The Hall–Kier alpha value is -2.60. The van der Waals surface area contributed by atoms with Gasteiger partial charge in [-0.2, -0.15) is 4.98 Å². The Balaban J connectivity index is 1.49. The number of aromatic nitrogens is 2. The number of hydrogen-bond acceptors (Lipinski definition) is 6. The molecule has 1 aromatic carbocycles. The quantitative estimate of drug-likeness (QED) is 0.901. The molecule has 2 N–H and O–H groups in total. The third-order valence-electron chi connectivity index (χ3n) is 4.34. The molecule has 1 saturated heterocycles. The zero-order chi connectivity index (χ0) is 17.6. The minimum absolute atomic E-state index is 0.347. The molecule has 0 aliphatic carbocycles. The molecule has 2 aromatic rings. The van der Waals surface area contributed by atoms with Crippen molar-refractivity contribution in [3.63, 3.8) is 0 Å². The van der Waals surface area contributed by atoms with Crippen molar-refractivity contribution in [2.24, 2.45) is 0 Å². The molecular formula is C19H25N5O. The van der Waals surface area contributed by atoms with Crippen LogP contribution in [0.15, 0.2) is 36.4 Å². The molecule has 0 saturated carbocycles. The number of methoxy groups -OCH3 is 1. The zero-order valence-electron chi connectivity index (χ0n) is 14.9. The van der Waals surface area contributed by atoms with Crippen molar-refractivity contribution in [2.75, 3.05) is 50.5 Å². The van der Waals surface area contributed by atoms with Gasteiger partial charge in [0, 0.05) is 44.5 Å². The normalized spacial score (nSPS) is 15.7. The van der Waals surface area contributed by atoms with Gasteiger partial charge in [-0.3, -0.25) is 4.90 Å². The maximum Gasteiger partial charge on any atom is 0.222 e. The molecule has 1 aromatic heterocycles. The predicted molar refractivity (Wildman–Crippen MR) is 102 cm³/mol. The minimum atomic E-state index is 0.347. The molecule has 1 aliphatic heterocycles. The summed E-state index contributed by atoms with van der Waals surface area (Å²) in [5, 5.41) is 0. The van der Waals surface area contributed by atoms with Crippen LogP contribution in [0.25, 0.3) is 6.08 Å². The smallest absolute Gasteiger partial charge is 0.222 e. The molecule has 6 nitrogen and oxygen atoms in total. The largest absolute Gasteiger partial charge is 0.497 e. The Morgan fingerprint density at radius 1 is 1.12 bits per heavy atom. The number of piperazine rings is 1. The number of aryl methyl sites for hydroxylation is 1. The van der Waals surface area contributed by atoms with E-state index in [4.69, 9.17) is 10.5 Å². The Labute approximate surface area is 148 Å². The first-order valence-electron chi connectivity index (χ1n) is 8.53. The third-order valence-corrected chi connectivity index (χ3v) is 4.34. The van der Waals surface area contributed by atoms with Crippen LogP contribution >= 0.6 is 0 Å². The number of hydrogen-bond donors (Lipinski definition) is 1. The van der Waals surface area contributed by atoms with Gasteiger partial charge >= 0.3 is 0 Å². The Morgan fingerprint density at radius 3 is 2.48 bits per heavy atom. The standard InChI is InChI=1S/C19H25N5O/c1-15-14-18(22-19(20)21-15)24-12-10-23(11-13-24)9-3-4-16-5-7-17(25-2)8-6-16/h3-8,14H,9-13H2,1-2H3,(H2,20,21,22). The molecule has 0 amide bonds. The summed E-state index contributed by atoms with van der Waals surface area (Å²) >= 11 is 0. The van der Waals surface area contributed by atoms with Gasteiger partial charge in [0.25, 0.3) is 0 Å². The molecule has 0 atom stereocenters. The van der Waals surface area contributed by atoms with Gasteiger partial charge in [-0.1, -0.05) is 24.3 Å². The van der Waals surface area contributed by atoms with Gasteiger partial charge < -0.3 is 15.4 Å². The number of nitrogens with two attached hydrogens (primary N) is 1. The summed E-state index contributed by atoms with van der Waals surface area (Å²) < 4.78 is 5.18. The molecule has 0 spiro atoms. The number of anilines is 2. The number of benzene rings is 1. The fourth-order valence-corrected chi connectivity index (χ4v) is 2.95. The van der Waals surface area contributed by atoms with Crippen LogP contribution in [0.1, 0.15) is 11.3 Å². The van der Waals surface area contributed by atoms with Crippen molar-refractivity contribution in [3.05, 3.63) is 47.7 Å². The Kier molecular flexibility index (Phi) is 5.50. The van der Waals surface area contributed by atoms with Crippen molar-refractivity contribution in [3.8, 4) is 5.75 Å². The van der Waals surface area contributed by atoms with Crippen molar-refractivity contribution < 1.29 is 4.74 Å². The number of ether oxygens (including phenoxy) is 1. The molecule has 3 rings (SSSR count). The van der Waals surface area contributed by atoms with Gasteiger partial charge in [0.05, 0.1) is 7.11 Å². The van der Waals surface area contributed by atoms with E-state index in [0.717, 1.165) is 50.0 Å². The van der Waals surface area contributed by atoms with Crippen molar-refractivity contribution >= 4 is 17.8 Å². The van der Waals surface area contributed by atoms with Crippen LogP contribution in [0.3, 0.4) is 0 Å². The van der Waals surface area contributed by atoms with E-state index in [0.29, 0.717) is 5.95 Å². The van der Waals surface area contributed by atoms with Crippen LogP contribution in [0.4, 0.5) is 11.8 Å². The molecule has 0 radical (unpaired) electrons. The lowest BCUT2D eigenvalue weighted by Gasteiger charge is -2.34. The predicted octanol–water partition coefficient (Wildman–Crippen LogP) is 2.21. The van der Waals surface area contributed by atoms with E-state index in [1.807, 2.05) is 25.1 Å². The highest BCUT2D eigenvalue weighted by Gasteiger charge is 2.17. The number of nitrogens with zero attached hydrogens (tertiary/aromatic N) is 4. The minimum Gasteiger partial charge on any atom is -0.497 e. The molecule has 2 heterocycles. The van der Waals surface area contributed by atoms with Gasteiger partial charge in [0.15, 0.2) is 0 Å². The van der Waals surface area contributed by atoms with Gasteiger partial charge in [-0.05, 0) is 24.6 Å². The van der Waals surface area contributed by atoms with Gasteiger partial charge in [-0.25, -0.2) is 4.98 Å². The Bertz CT molecular complexity index is 701. The monoisotopic (exact) mass is 339 g/mol. The maximum absolute atomic E-state index is 5.76. The SMILES string of the molecule is COc1ccc(C=CCN2CCN(c3cc(C)nc(N)n3)CC2)cc1. The van der Waals surface area contributed by atoms with Crippen molar-refractivity contribution in [1.82, 2.24) is 14.9 Å². The summed E-state index contributed by atoms with van der Waals surface area (Å²) in [7, 11) is 1.68. The van der Waals surface area contributed by atoms with Crippen LogP contribution in [-0.2, 0) is 0 Å². The van der Waals surface area contributed by atoms with Crippen LogP contribution in [0, 0.1) is 6.92 Å². The second-order valence-corrected chi connectivity index (χ2v) is 6.19. The lowest BCUT2D eigenvalue weighted by molar-refractivity contribution is 0.283. The number of nitrogen functional groups attached to an aromatic ring is 1. The van der Waals surface area contributed by atoms with E-state index in [1.54, 1.807) is 7.11 Å². The van der Waals surface area contributed by atoms with Crippen LogP contribution in [0.5, 0.6) is 5.75 Å². The lowest BCUT2D eigenvalue weighted by Crippen LogP contribution is -2.46. The first-order valence-corrected chi connectivity index (χ1v) is 8.53. The highest BCUT2D eigenvalue weighted by atomic mass is 16.5. The maximum atomic E-state index is 5.76. The van der Waals surface area contributed by atoms with Crippen molar-refractivity contribution in [1.29, 1.82) is 0 Å². The third kappa shape index (κ3) is 4.70. The molecule has 0 bridgehead atoms. The zero-order valence-corrected chi connectivity index (χ0v) is 14.9. The lowest BCUT2D eigenvalue weighted by atomic mass is 10.2. The van der Waals surface area contributed by atoms with Crippen LogP contribution in [0.2, 0.25) is 0 Å².